The maximum absolute atomic E-state index is 10.5. The van der Waals surface area contributed by atoms with Gasteiger partial charge in [-0.05, 0) is 25.6 Å². The highest BCUT2D eigenvalue weighted by atomic mass is 16.5. The second-order valence-corrected chi connectivity index (χ2v) is 4.46. The third-order valence-corrected chi connectivity index (χ3v) is 2.81. The maximum atomic E-state index is 10.5. The first kappa shape index (κ1) is 15.5. The van der Waals surface area contributed by atoms with E-state index in [1.165, 1.54) is 0 Å². The van der Waals surface area contributed by atoms with Crippen molar-refractivity contribution < 1.29 is 14.6 Å². The van der Waals surface area contributed by atoms with Crippen molar-refractivity contribution in [1.29, 1.82) is 0 Å². The maximum Gasteiger partial charge on any atom is 0.304 e. The zero-order chi connectivity index (χ0) is 14.3. The average Bonchev–Trinajstić information content (AvgIpc) is 2.37. The van der Waals surface area contributed by atoms with E-state index < -0.39 is 5.97 Å². The number of ether oxygens (including phenoxy) is 1. The molecule has 0 saturated carbocycles. The molecule has 1 rings (SSSR count). The molecule has 0 fully saturated rings. The molecule has 5 heteroatoms. The molecular formula is C14H22N2O3. The summed E-state index contributed by atoms with van der Waals surface area (Å²) in [5.41, 5.74) is 7.73. The first-order valence-electron chi connectivity index (χ1n) is 6.41. The molecule has 5 nitrogen and oxygen atoms in total. The van der Waals surface area contributed by atoms with Gasteiger partial charge in [0, 0.05) is 25.2 Å². The van der Waals surface area contributed by atoms with Crippen LogP contribution in [0.4, 0.5) is 0 Å². The lowest BCUT2D eigenvalue weighted by Gasteiger charge is -2.17. The number of carboxylic acid groups (broad SMARTS) is 1. The minimum atomic E-state index is -0.777. The fourth-order valence-electron chi connectivity index (χ4n) is 1.83. The van der Waals surface area contributed by atoms with E-state index in [0.717, 1.165) is 16.9 Å². The van der Waals surface area contributed by atoms with Gasteiger partial charge in [-0.2, -0.15) is 0 Å². The van der Waals surface area contributed by atoms with Crippen molar-refractivity contribution in [3.8, 4) is 5.75 Å². The first-order chi connectivity index (χ1) is 9.06. The predicted octanol–water partition coefficient (Wildman–Crippen LogP) is 1.45. The lowest BCUT2D eigenvalue weighted by molar-refractivity contribution is -0.137. The van der Waals surface area contributed by atoms with Crippen molar-refractivity contribution in [2.24, 2.45) is 5.73 Å². The molecule has 0 aromatic heterocycles. The Morgan fingerprint density at radius 3 is 2.79 bits per heavy atom. The number of carbonyl (C=O) groups is 1. The molecule has 0 radical (unpaired) electrons. The van der Waals surface area contributed by atoms with Crippen LogP contribution in [0, 0.1) is 0 Å². The lowest BCUT2D eigenvalue weighted by atomic mass is 10.1. The van der Waals surface area contributed by atoms with Gasteiger partial charge in [0.25, 0.3) is 0 Å². The minimum Gasteiger partial charge on any atom is -0.494 e. The first-order valence-corrected chi connectivity index (χ1v) is 6.41. The Hall–Kier alpha value is -1.59. The van der Waals surface area contributed by atoms with Crippen molar-refractivity contribution >= 4 is 5.97 Å². The predicted molar refractivity (Wildman–Crippen MR) is 74.1 cm³/mol. The van der Waals surface area contributed by atoms with E-state index in [4.69, 9.17) is 15.6 Å². The highest BCUT2D eigenvalue weighted by Crippen LogP contribution is 2.21. The molecule has 0 heterocycles. The Morgan fingerprint density at radius 2 is 2.21 bits per heavy atom. The Kier molecular flexibility index (Phi) is 6.32. The smallest absolute Gasteiger partial charge is 0.304 e. The van der Waals surface area contributed by atoms with Crippen LogP contribution in [0.3, 0.4) is 0 Å². The van der Waals surface area contributed by atoms with Gasteiger partial charge in [-0.1, -0.05) is 12.1 Å². The van der Waals surface area contributed by atoms with Crippen LogP contribution < -0.4 is 10.5 Å². The van der Waals surface area contributed by atoms with E-state index in [1.54, 1.807) is 0 Å². The van der Waals surface area contributed by atoms with Gasteiger partial charge in [-0.25, -0.2) is 0 Å². The number of nitrogens with two attached hydrogens (primary N) is 1. The van der Waals surface area contributed by atoms with Crippen LogP contribution in [-0.2, 0) is 17.9 Å². The number of hydrogen-bond donors (Lipinski definition) is 2. The number of carboxylic acids is 1. The van der Waals surface area contributed by atoms with E-state index in [9.17, 15) is 4.79 Å². The number of benzene rings is 1. The zero-order valence-electron chi connectivity index (χ0n) is 11.6. The van der Waals surface area contributed by atoms with Crippen molar-refractivity contribution in [2.45, 2.75) is 26.4 Å². The van der Waals surface area contributed by atoms with E-state index in [0.29, 0.717) is 26.2 Å². The molecule has 1 aromatic carbocycles. The zero-order valence-corrected chi connectivity index (χ0v) is 11.6. The molecule has 1 aromatic rings. The molecule has 3 N–H and O–H groups in total. The van der Waals surface area contributed by atoms with Crippen LogP contribution >= 0.6 is 0 Å². The van der Waals surface area contributed by atoms with Gasteiger partial charge in [0.05, 0.1) is 13.0 Å². The number of aliphatic carboxylic acids is 1. The van der Waals surface area contributed by atoms with Gasteiger partial charge in [0.2, 0.25) is 0 Å². The van der Waals surface area contributed by atoms with Crippen LogP contribution in [0.15, 0.2) is 18.2 Å². The molecule has 19 heavy (non-hydrogen) atoms. The molecule has 0 aliphatic heterocycles. The van der Waals surface area contributed by atoms with Gasteiger partial charge in [-0.15, -0.1) is 0 Å². The summed E-state index contributed by atoms with van der Waals surface area (Å²) in [5, 5.41) is 8.65. The summed E-state index contributed by atoms with van der Waals surface area (Å²) >= 11 is 0. The van der Waals surface area contributed by atoms with Crippen molar-refractivity contribution in [2.75, 3.05) is 20.2 Å². The fourth-order valence-corrected chi connectivity index (χ4v) is 1.83. The molecule has 0 spiro atoms. The van der Waals surface area contributed by atoms with Crippen molar-refractivity contribution in [1.82, 2.24) is 4.90 Å². The van der Waals surface area contributed by atoms with Crippen LogP contribution in [0.25, 0.3) is 0 Å². The van der Waals surface area contributed by atoms with Crippen LogP contribution in [-0.4, -0.2) is 36.2 Å². The normalized spacial score (nSPS) is 10.7. The summed E-state index contributed by atoms with van der Waals surface area (Å²) in [6.07, 6.45) is 0.149. The summed E-state index contributed by atoms with van der Waals surface area (Å²) in [5.74, 6) is 0.0365. The molecule has 0 saturated heterocycles. The van der Waals surface area contributed by atoms with E-state index in [2.05, 4.69) is 0 Å². The topological polar surface area (TPSA) is 75.8 Å². The largest absolute Gasteiger partial charge is 0.494 e. The summed E-state index contributed by atoms with van der Waals surface area (Å²) < 4.78 is 5.56. The summed E-state index contributed by atoms with van der Waals surface area (Å²) in [4.78, 5) is 12.5. The van der Waals surface area contributed by atoms with Crippen molar-refractivity contribution in [3.05, 3.63) is 29.3 Å². The van der Waals surface area contributed by atoms with Crippen LogP contribution in [0.2, 0.25) is 0 Å². The lowest BCUT2D eigenvalue weighted by Crippen LogP contribution is -2.21. The molecule has 0 amide bonds. The average molecular weight is 266 g/mol. The van der Waals surface area contributed by atoms with Gasteiger partial charge in [0.15, 0.2) is 0 Å². The molecule has 106 valence electrons. The summed E-state index contributed by atoms with van der Waals surface area (Å²) in [6, 6.07) is 5.94. The van der Waals surface area contributed by atoms with Crippen molar-refractivity contribution in [3.63, 3.8) is 0 Å². The monoisotopic (exact) mass is 266 g/mol. The third kappa shape index (κ3) is 5.28. The highest BCUT2D eigenvalue weighted by molar-refractivity contribution is 5.66. The van der Waals surface area contributed by atoms with E-state index in [1.807, 2.05) is 37.1 Å². The second-order valence-electron chi connectivity index (χ2n) is 4.46. The molecule has 0 unspecified atom stereocenters. The molecular weight excluding hydrogens is 244 g/mol. The Morgan fingerprint density at radius 1 is 1.47 bits per heavy atom. The highest BCUT2D eigenvalue weighted by Gasteiger charge is 2.07. The third-order valence-electron chi connectivity index (χ3n) is 2.81. The van der Waals surface area contributed by atoms with Gasteiger partial charge in [0.1, 0.15) is 5.75 Å². The quantitative estimate of drug-likeness (QED) is 0.745. The summed E-state index contributed by atoms with van der Waals surface area (Å²) in [7, 11) is 1.90. The standard InChI is InChI=1S/C14H22N2O3/c1-3-19-13-8-11(4-5-12(13)9-15)10-16(2)7-6-14(17)18/h4-5,8H,3,6-7,9-10,15H2,1-2H3,(H,17,18). The molecule has 0 bridgehead atoms. The number of rotatable bonds is 8. The minimum absolute atomic E-state index is 0.149. The Bertz CT molecular complexity index is 421. The number of hydrogen-bond acceptors (Lipinski definition) is 4. The molecule has 0 atom stereocenters. The van der Waals surface area contributed by atoms with Crippen LogP contribution in [0.5, 0.6) is 5.75 Å². The molecule has 0 aliphatic rings. The molecule has 0 aliphatic carbocycles. The Labute approximate surface area is 114 Å². The fraction of sp³-hybridized carbons (Fsp3) is 0.500. The Balaban J connectivity index is 2.67. The van der Waals surface area contributed by atoms with E-state index in [-0.39, 0.29) is 6.42 Å². The van der Waals surface area contributed by atoms with Gasteiger partial charge in [-0.3, -0.25) is 4.79 Å². The van der Waals surface area contributed by atoms with Gasteiger partial charge >= 0.3 is 5.97 Å². The van der Waals surface area contributed by atoms with E-state index >= 15 is 0 Å². The number of nitrogens with zero attached hydrogens (tertiary/aromatic N) is 1. The SMILES string of the molecule is CCOc1cc(CN(C)CCC(=O)O)ccc1CN. The summed E-state index contributed by atoms with van der Waals surface area (Å²) in [6.45, 7) is 4.21. The second kappa shape index (κ2) is 7.76. The van der Waals surface area contributed by atoms with Gasteiger partial charge < -0.3 is 20.5 Å². The van der Waals surface area contributed by atoms with Crippen LogP contribution in [0.1, 0.15) is 24.5 Å².